The molecule has 1 N–H and O–H groups in total. The number of nitrogens with zero attached hydrogens (tertiary/aromatic N) is 3. The van der Waals surface area contributed by atoms with Crippen molar-refractivity contribution in [1.82, 2.24) is 14.7 Å². The van der Waals surface area contributed by atoms with Crippen molar-refractivity contribution in [3.05, 3.63) is 59.7 Å². The van der Waals surface area contributed by atoms with E-state index in [2.05, 4.69) is 17.0 Å². The highest BCUT2D eigenvalue weighted by molar-refractivity contribution is 5.79. The first kappa shape index (κ1) is 26.8. The van der Waals surface area contributed by atoms with E-state index in [1.54, 1.807) is 14.2 Å². The SMILES string of the molecule is COc1ccc(CN(CC2CN(Cc3ccccc3)CCN2C(=O)O)C(=O)C2CCCCC2)c(OC)c1. The number of ether oxygens (including phenoxy) is 2. The highest BCUT2D eigenvalue weighted by Crippen LogP contribution is 2.30. The molecule has 1 saturated carbocycles. The highest BCUT2D eigenvalue weighted by Gasteiger charge is 2.35. The first-order chi connectivity index (χ1) is 18.0. The van der Waals surface area contributed by atoms with Gasteiger partial charge in [-0.1, -0.05) is 49.6 Å². The van der Waals surface area contributed by atoms with Crippen LogP contribution in [0.1, 0.15) is 43.2 Å². The molecule has 0 bridgehead atoms. The van der Waals surface area contributed by atoms with Crippen LogP contribution in [0, 0.1) is 5.92 Å². The second-order valence-electron chi connectivity index (χ2n) is 10.1. The van der Waals surface area contributed by atoms with Crippen LogP contribution in [0.4, 0.5) is 4.79 Å². The molecule has 8 nitrogen and oxygen atoms in total. The average Bonchev–Trinajstić information content (AvgIpc) is 2.93. The van der Waals surface area contributed by atoms with Crippen LogP contribution in [-0.4, -0.2) is 78.2 Å². The van der Waals surface area contributed by atoms with E-state index in [1.807, 2.05) is 41.3 Å². The quantitative estimate of drug-likeness (QED) is 0.537. The molecule has 2 aromatic rings. The van der Waals surface area contributed by atoms with Crippen molar-refractivity contribution in [3.63, 3.8) is 0 Å². The maximum absolute atomic E-state index is 13.8. The fourth-order valence-corrected chi connectivity index (χ4v) is 5.60. The first-order valence-corrected chi connectivity index (χ1v) is 13.2. The summed E-state index contributed by atoms with van der Waals surface area (Å²) in [6, 6.07) is 15.5. The molecule has 2 fully saturated rings. The molecule has 1 unspecified atom stereocenters. The van der Waals surface area contributed by atoms with E-state index < -0.39 is 6.09 Å². The van der Waals surface area contributed by atoms with Crippen molar-refractivity contribution in [1.29, 1.82) is 0 Å². The minimum Gasteiger partial charge on any atom is -0.497 e. The number of benzene rings is 2. The van der Waals surface area contributed by atoms with Crippen LogP contribution in [0.5, 0.6) is 11.5 Å². The van der Waals surface area contributed by atoms with Gasteiger partial charge in [0.05, 0.1) is 20.3 Å². The Morgan fingerprint density at radius 3 is 2.43 bits per heavy atom. The summed E-state index contributed by atoms with van der Waals surface area (Å²) in [6.07, 6.45) is 4.14. The number of methoxy groups -OCH3 is 2. The van der Waals surface area contributed by atoms with Gasteiger partial charge < -0.3 is 24.4 Å². The number of hydrogen-bond acceptors (Lipinski definition) is 5. The Bertz CT molecular complexity index is 1040. The summed E-state index contributed by atoms with van der Waals surface area (Å²) >= 11 is 0. The van der Waals surface area contributed by atoms with E-state index in [4.69, 9.17) is 9.47 Å². The number of rotatable bonds is 9. The van der Waals surface area contributed by atoms with Crippen LogP contribution in [0.3, 0.4) is 0 Å². The van der Waals surface area contributed by atoms with Crippen molar-refractivity contribution >= 4 is 12.0 Å². The minimum atomic E-state index is -0.934. The standard InChI is InChI=1S/C29H39N3O5/c1-36-26-14-13-24(27(17-26)37-2)19-31(28(33)23-11-7-4-8-12-23)21-25-20-30(15-16-32(25)29(34)35)18-22-9-5-3-6-10-22/h3,5-6,9-10,13-14,17,23,25H,4,7-8,11-12,15-16,18-21H2,1-2H3,(H,34,35). The van der Waals surface area contributed by atoms with Gasteiger partial charge in [-0.2, -0.15) is 0 Å². The van der Waals surface area contributed by atoms with Gasteiger partial charge in [-0.05, 0) is 30.5 Å². The molecule has 0 spiro atoms. The molecule has 1 aliphatic carbocycles. The van der Waals surface area contributed by atoms with Crippen LogP contribution in [0.25, 0.3) is 0 Å². The number of carbonyl (C=O) groups is 2. The van der Waals surface area contributed by atoms with Crippen molar-refractivity contribution < 1.29 is 24.2 Å². The summed E-state index contributed by atoms with van der Waals surface area (Å²) < 4.78 is 11.0. The van der Waals surface area contributed by atoms with Crippen LogP contribution in [0.2, 0.25) is 0 Å². The number of amides is 2. The zero-order valence-electron chi connectivity index (χ0n) is 22.0. The lowest BCUT2D eigenvalue weighted by Gasteiger charge is -2.42. The molecule has 0 aromatic heterocycles. The van der Waals surface area contributed by atoms with Crippen molar-refractivity contribution in [2.45, 2.75) is 51.2 Å². The maximum atomic E-state index is 13.8. The number of carbonyl (C=O) groups excluding carboxylic acids is 1. The van der Waals surface area contributed by atoms with Gasteiger partial charge in [-0.15, -0.1) is 0 Å². The summed E-state index contributed by atoms with van der Waals surface area (Å²) in [7, 11) is 3.22. The number of carboxylic acid groups (broad SMARTS) is 1. The van der Waals surface area contributed by atoms with Crippen LogP contribution < -0.4 is 9.47 Å². The normalized spacial score (nSPS) is 18.9. The smallest absolute Gasteiger partial charge is 0.407 e. The maximum Gasteiger partial charge on any atom is 0.407 e. The molecule has 1 saturated heterocycles. The van der Waals surface area contributed by atoms with Gasteiger partial charge in [0.2, 0.25) is 5.91 Å². The molecule has 200 valence electrons. The van der Waals surface area contributed by atoms with E-state index in [0.717, 1.165) is 37.8 Å². The second kappa shape index (κ2) is 12.8. The van der Waals surface area contributed by atoms with E-state index >= 15 is 0 Å². The van der Waals surface area contributed by atoms with Crippen LogP contribution in [0.15, 0.2) is 48.5 Å². The van der Waals surface area contributed by atoms with Gasteiger partial charge in [0.25, 0.3) is 0 Å². The Kier molecular flexibility index (Phi) is 9.28. The van der Waals surface area contributed by atoms with Gasteiger partial charge in [-0.25, -0.2) is 4.79 Å². The fourth-order valence-electron chi connectivity index (χ4n) is 5.60. The van der Waals surface area contributed by atoms with Crippen molar-refractivity contribution in [2.24, 2.45) is 5.92 Å². The summed E-state index contributed by atoms with van der Waals surface area (Å²) in [5.41, 5.74) is 2.08. The molecule has 2 aliphatic rings. The summed E-state index contributed by atoms with van der Waals surface area (Å²) in [5.74, 6) is 1.44. The molecule has 2 aromatic carbocycles. The largest absolute Gasteiger partial charge is 0.497 e. The van der Waals surface area contributed by atoms with E-state index in [1.165, 1.54) is 16.9 Å². The zero-order chi connectivity index (χ0) is 26.2. The zero-order valence-corrected chi connectivity index (χ0v) is 22.0. The predicted molar refractivity (Wildman–Crippen MR) is 142 cm³/mol. The molecule has 2 amide bonds. The Morgan fingerprint density at radius 2 is 1.76 bits per heavy atom. The Balaban J connectivity index is 1.57. The molecule has 37 heavy (non-hydrogen) atoms. The molecule has 8 heteroatoms. The second-order valence-corrected chi connectivity index (χ2v) is 10.1. The average molecular weight is 510 g/mol. The Labute approximate surface area is 219 Å². The predicted octanol–water partition coefficient (Wildman–Crippen LogP) is 4.48. The molecule has 1 aliphatic heterocycles. The third kappa shape index (κ3) is 6.95. The van der Waals surface area contributed by atoms with Crippen LogP contribution >= 0.6 is 0 Å². The van der Waals surface area contributed by atoms with E-state index in [0.29, 0.717) is 44.2 Å². The van der Waals surface area contributed by atoms with Crippen molar-refractivity contribution in [3.8, 4) is 11.5 Å². The summed E-state index contributed by atoms with van der Waals surface area (Å²) in [4.78, 5) is 31.7. The minimum absolute atomic E-state index is 0.0136. The highest BCUT2D eigenvalue weighted by atomic mass is 16.5. The number of piperazine rings is 1. The van der Waals surface area contributed by atoms with Crippen LogP contribution in [-0.2, 0) is 17.9 Å². The van der Waals surface area contributed by atoms with E-state index in [-0.39, 0.29) is 17.9 Å². The third-order valence-corrected chi connectivity index (χ3v) is 7.61. The summed E-state index contributed by atoms with van der Waals surface area (Å²) in [5, 5.41) is 9.98. The van der Waals surface area contributed by atoms with Gasteiger partial charge in [0.1, 0.15) is 11.5 Å². The molecule has 4 rings (SSSR count). The molecule has 1 atom stereocenters. The van der Waals surface area contributed by atoms with Gasteiger partial charge in [0, 0.05) is 56.8 Å². The first-order valence-electron chi connectivity index (χ1n) is 13.2. The lowest BCUT2D eigenvalue weighted by molar-refractivity contribution is -0.138. The van der Waals surface area contributed by atoms with E-state index in [9.17, 15) is 14.7 Å². The Morgan fingerprint density at radius 1 is 1.00 bits per heavy atom. The number of hydrogen-bond donors (Lipinski definition) is 1. The lowest BCUT2D eigenvalue weighted by Crippen LogP contribution is -2.59. The van der Waals surface area contributed by atoms with Crippen molar-refractivity contribution in [2.75, 3.05) is 40.4 Å². The summed E-state index contributed by atoms with van der Waals surface area (Å²) in [6.45, 7) is 3.14. The molecular formula is C29H39N3O5. The molecule has 0 radical (unpaired) electrons. The lowest BCUT2D eigenvalue weighted by atomic mass is 9.88. The molecule has 1 heterocycles. The Hall–Kier alpha value is -3.26. The van der Waals surface area contributed by atoms with Gasteiger partial charge in [-0.3, -0.25) is 9.69 Å². The van der Waals surface area contributed by atoms with Gasteiger partial charge in [0.15, 0.2) is 0 Å². The fraction of sp³-hybridized carbons (Fsp3) is 0.517. The molecular weight excluding hydrogens is 470 g/mol. The van der Waals surface area contributed by atoms with Gasteiger partial charge >= 0.3 is 6.09 Å². The monoisotopic (exact) mass is 509 g/mol. The topological polar surface area (TPSA) is 82.5 Å². The third-order valence-electron chi connectivity index (χ3n) is 7.61.